The van der Waals surface area contributed by atoms with Gasteiger partial charge in [-0.3, -0.25) is 37.3 Å². The molecule has 19 heteroatoms. The number of unbranched alkanes of at least 4 members (excludes halogenated alkanes) is 50. The molecule has 0 fully saturated rings. The maximum Gasteiger partial charge on any atom is 0.472 e. The van der Waals surface area contributed by atoms with Crippen LogP contribution in [-0.2, 0) is 65.4 Å². The number of carbonyl (C=O) groups is 4. The van der Waals surface area contributed by atoms with Crippen LogP contribution in [0, 0.1) is 0 Å². The first kappa shape index (κ1) is 92.1. The summed E-state index contributed by atoms with van der Waals surface area (Å²) in [5.74, 6) is -2.11. The summed E-state index contributed by atoms with van der Waals surface area (Å²) in [5.41, 5.74) is 0. The third kappa shape index (κ3) is 68.6. The van der Waals surface area contributed by atoms with E-state index in [1.165, 1.54) is 231 Å². The average molecular weight is 1380 g/mol. The van der Waals surface area contributed by atoms with E-state index in [9.17, 15) is 43.2 Å². The minimum atomic E-state index is -4.95. The zero-order valence-corrected chi connectivity index (χ0v) is 62.7. The van der Waals surface area contributed by atoms with E-state index in [1.807, 2.05) is 0 Å². The maximum atomic E-state index is 13.1. The molecule has 0 amide bonds. The van der Waals surface area contributed by atoms with Gasteiger partial charge in [0.25, 0.3) is 0 Å². The summed E-state index contributed by atoms with van der Waals surface area (Å²) in [7, 11) is -9.90. The molecule has 0 heterocycles. The minimum Gasteiger partial charge on any atom is -0.462 e. The number of ether oxygens (including phenoxy) is 4. The molecule has 0 aliphatic rings. The van der Waals surface area contributed by atoms with E-state index >= 15 is 0 Å². The van der Waals surface area contributed by atoms with Gasteiger partial charge in [-0.05, 0) is 25.7 Å². The van der Waals surface area contributed by atoms with Gasteiger partial charge in [0.05, 0.1) is 26.4 Å². The summed E-state index contributed by atoms with van der Waals surface area (Å²) in [6.45, 7) is 4.96. The highest BCUT2D eigenvalue weighted by molar-refractivity contribution is 7.47. The summed E-state index contributed by atoms with van der Waals surface area (Å²) in [5, 5.41) is 10.6. The van der Waals surface area contributed by atoms with Crippen LogP contribution in [-0.4, -0.2) is 96.7 Å². The first-order valence-corrected chi connectivity index (χ1v) is 42.3. The van der Waals surface area contributed by atoms with Crippen LogP contribution < -0.4 is 0 Å². The summed E-state index contributed by atoms with van der Waals surface area (Å²) in [4.78, 5) is 72.7. The van der Waals surface area contributed by atoms with Crippen LogP contribution in [0.3, 0.4) is 0 Å². The van der Waals surface area contributed by atoms with Gasteiger partial charge < -0.3 is 33.8 Å². The zero-order valence-electron chi connectivity index (χ0n) is 60.9. The monoisotopic (exact) mass is 1380 g/mol. The number of esters is 4. The summed E-state index contributed by atoms with van der Waals surface area (Å²) in [6, 6.07) is 0. The molecule has 3 N–H and O–H groups in total. The number of carbonyl (C=O) groups excluding carboxylic acids is 4. The first-order chi connectivity index (χ1) is 45.7. The van der Waals surface area contributed by atoms with Gasteiger partial charge >= 0.3 is 39.5 Å². The Morgan fingerprint density at radius 1 is 0.255 bits per heavy atom. The molecule has 94 heavy (non-hydrogen) atoms. The van der Waals surface area contributed by atoms with Crippen molar-refractivity contribution in [2.45, 2.75) is 418 Å². The van der Waals surface area contributed by atoms with Gasteiger partial charge in [0.1, 0.15) is 19.3 Å². The van der Waals surface area contributed by atoms with Crippen molar-refractivity contribution < 1.29 is 80.2 Å². The van der Waals surface area contributed by atoms with Gasteiger partial charge in [0.2, 0.25) is 0 Å². The highest BCUT2D eigenvalue weighted by atomic mass is 31.2. The molecule has 5 atom stereocenters. The Balaban J connectivity index is 5.18. The number of phosphoric acid groups is 2. The van der Waals surface area contributed by atoms with Crippen LogP contribution in [0.2, 0.25) is 0 Å². The molecule has 0 bridgehead atoms. The van der Waals surface area contributed by atoms with Gasteiger partial charge in [0, 0.05) is 25.7 Å². The molecule has 0 rings (SSSR count). The Kier molecular flexibility index (Phi) is 68.1. The van der Waals surface area contributed by atoms with Crippen molar-refractivity contribution in [1.82, 2.24) is 0 Å². The van der Waals surface area contributed by atoms with Crippen molar-refractivity contribution in [2.24, 2.45) is 0 Å². The van der Waals surface area contributed by atoms with Crippen molar-refractivity contribution in [1.29, 1.82) is 0 Å². The fourth-order valence-corrected chi connectivity index (χ4v) is 13.2. The molecule has 558 valence electrons. The average Bonchev–Trinajstić information content (AvgIpc) is 1.82. The maximum absolute atomic E-state index is 13.1. The van der Waals surface area contributed by atoms with Gasteiger partial charge in [0.15, 0.2) is 12.2 Å². The highest BCUT2D eigenvalue weighted by Crippen LogP contribution is 2.45. The fraction of sp³-hybridized carbons (Fsp3) is 0.947. The number of rotatable bonds is 76. The van der Waals surface area contributed by atoms with Crippen LogP contribution in [0.1, 0.15) is 400 Å². The second-order valence-corrected chi connectivity index (χ2v) is 29.9. The van der Waals surface area contributed by atoms with Gasteiger partial charge in [-0.2, -0.15) is 0 Å². The van der Waals surface area contributed by atoms with Gasteiger partial charge in [-0.15, -0.1) is 0 Å². The normalized spacial score (nSPS) is 13.9. The SMILES string of the molecule is CCCCCCCCCCCCCCCCCCCCCCC(=O)O[C@H](COC(=O)CCCCCCCCCCCCCCC)COP(=O)(O)OC[C@@H](O)COP(=O)(O)OC[C@@H](COC(=O)CCCCCCCCCC)OC(=O)CCCCCCCCCCCCCCC. The predicted octanol–water partition coefficient (Wildman–Crippen LogP) is 22.2. The molecule has 0 spiro atoms. The van der Waals surface area contributed by atoms with E-state index < -0.39 is 97.5 Å². The Labute approximate surface area is 575 Å². The Hall–Kier alpha value is -1.94. The lowest BCUT2D eigenvalue weighted by atomic mass is 10.0. The van der Waals surface area contributed by atoms with E-state index in [-0.39, 0.29) is 25.7 Å². The molecule has 2 unspecified atom stereocenters. The fourth-order valence-electron chi connectivity index (χ4n) is 11.6. The lowest BCUT2D eigenvalue weighted by molar-refractivity contribution is -0.161. The van der Waals surface area contributed by atoms with E-state index in [2.05, 4.69) is 27.7 Å². The van der Waals surface area contributed by atoms with Crippen molar-refractivity contribution in [3.8, 4) is 0 Å². The van der Waals surface area contributed by atoms with Crippen LogP contribution in [0.15, 0.2) is 0 Å². The predicted molar refractivity (Wildman–Crippen MR) is 382 cm³/mol. The van der Waals surface area contributed by atoms with Crippen molar-refractivity contribution in [2.75, 3.05) is 39.6 Å². The number of phosphoric ester groups is 2. The molecular formula is C75H146O17P2. The zero-order chi connectivity index (χ0) is 69.0. The quantitative estimate of drug-likeness (QED) is 0.0222. The van der Waals surface area contributed by atoms with Crippen LogP contribution in [0.5, 0.6) is 0 Å². The van der Waals surface area contributed by atoms with Crippen LogP contribution >= 0.6 is 15.6 Å². The van der Waals surface area contributed by atoms with Gasteiger partial charge in [-0.1, -0.05) is 349 Å². The first-order valence-electron chi connectivity index (χ1n) is 39.3. The third-order valence-electron chi connectivity index (χ3n) is 17.6. The summed E-state index contributed by atoms with van der Waals surface area (Å²) < 4.78 is 68.4. The second kappa shape index (κ2) is 69.5. The topological polar surface area (TPSA) is 237 Å². The van der Waals surface area contributed by atoms with E-state index in [4.69, 9.17) is 37.0 Å². The largest absolute Gasteiger partial charge is 0.472 e. The number of aliphatic hydroxyl groups excluding tert-OH is 1. The van der Waals surface area contributed by atoms with Crippen LogP contribution in [0.4, 0.5) is 0 Å². The van der Waals surface area contributed by atoms with Crippen LogP contribution in [0.25, 0.3) is 0 Å². The highest BCUT2D eigenvalue weighted by Gasteiger charge is 2.30. The molecule has 0 aliphatic carbocycles. The van der Waals surface area contributed by atoms with E-state index in [0.717, 1.165) is 89.9 Å². The van der Waals surface area contributed by atoms with E-state index in [0.29, 0.717) is 25.7 Å². The lowest BCUT2D eigenvalue weighted by Crippen LogP contribution is -2.30. The van der Waals surface area contributed by atoms with Crippen molar-refractivity contribution in [3.05, 3.63) is 0 Å². The number of aliphatic hydroxyl groups is 1. The molecular weight excluding hydrogens is 1230 g/mol. The van der Waals surface area contributed by atoms with Crippen molar-refractivity contribution >= 4 is 39.5 Å². The summed E-state index contributed by atoms with van der Waals surface area (Å²) >= 11 is 0. The van der Waals surface area contributed by atoms with Crippen molar-refractivity contribution in [3.63, 3.8) is 0 Å². The lowest BCUT2D eigenvalue weighted by Gasteiger charge is -2.21. The standard InChI is InChI=1S/C75H146O17P2/c1-5-9-13-17-21-25-28-31-32-33-34-35-36-37-40-43-46-50-54-58-62-75(80)92-71(66-86-73(78)60-56-52-48-44-41-38-29-26-22-18-14-10-6-2)68-90-94(83,84)88-64-69(76)63-87-93(81,82)89-67-70(65-85-72(77)59-55-51-47-24-20-16-12-8-4)91-74(79)61-57-53-49-45-42-39-30-27-23-19-15-11-7-3/h69-71,76H,5-68H2,1-4H3,(H,81,82)(H,83,84)/t69-,70+,71+/m0/s1. The van der Waals surface area contributed by atoms with E-state index in [1.54, 1.807) is 0 Å². The van der Waals surface area contributed by atoms with Gasteiger partial charge in [-0.25, -0.2) is 9.13 Å². The molecule has 0 saturated carbocycles. The number of hydrogen-bond acceptors (Lipinski definition) is 15. The summed E-state index contributed by atoms with van der Waals surface area (Å²) in [6.07, 6.45) is 59.7. The molecule has 0 radical (unpaired) electrons. The smallest absolute Gasteiger partial charge is 0.462 e. The Morgan fingerprint density at radius 2 is 0.426 bits per heavy atom. The molecule has 0 aromatic rings. The molecule has 0 aromatic carbocycles. The molecule has 17 nitrogen and oxygen atoms in total. The minimum absolute atomic E-state index is 0.108. The molecule has 0 aromatic heterocycles. The Bertz CT molecular complexity index is 1790. The molecule has 0 saturated heterocycles. The number of hydrogen-bond donors (Lipinski definition) is 3. The molecule has 0 aliphatic heterocycles. The third-order valence-corrected chi connectivity index (χ3v) is 19.5. The second-order valence-electron chi connectivity index (χ2n) is 27.0. The Morgan fingerprint density at radius 3 is 0.628 bits per heavy atom.